The zero-order chi connectivity index (χ0) is 17.3. The molecule has 0 unspecified atom stereocenters. The first-order valence-electron chi connectivity index (χ1n) is 8.03. The van der Waals surface area contributed by atoms with Gasteiger partial charge in [0.15, 0.2) is 17.2 Å². The van der Waals surface area contributed by atoms with Crippen LogP contribution in [-0.2, 0) is 0 Å². The molecule has 0 aliphatic rings. The Morgan fingerprint density at radius 3 is 2.54 bits per heavy atom. The Labute approximate surface area is 141 Å². The zero-order valence-corrected chi connectivity index (χ0v) is 14.8. The summed E-state index contributed by atoms with van der Waals surface area (Å²) in [5.74, 6) is 1.98. The highest BCUT2D eigenvalue weighted by atomic mass is 16.4. The van der Waals surface area contributed by atoms with Crippen LogP contribution in [0.4, 0.5) is 5.82 Å². The Bertz CT molecular complexity index is 856. The quantitative estimate of drug-likeness (QED) is 0.776. The van der Waals surface area contributed by atoms with Gasteiger partial charge in [-0.05, 0) is 39.1 Å². The molecular formula is C18H23N5O. The summed E-state index contributed by atoms with van der Waals surface area (Å²) in [5, 5.41) is 3.43. The van der Waals surface area contributed by atoms with Crippen LogP contribution in [0, 0.1) is 20.8 Å². The molecular weight excluding hydrogens is 302 g/mol. The van der Waals surface area contributed by atoms with E-state index >= 15 is 0 Å². The number of oxazole rings is 1. The van der Waals surface area contributed by atoms with E-state index in [1.54, 1.807) is 0 Å². The van der Waals surface area contributed by atoms with Gasteiger partial charge in [0, 0.05) is 13.5 Å². The lowest BCUT2D eigenvalue weighted by atomic mass is 10.0. The van der Waals surface area contributed by atoms with Crippen molar-refractivity contribution in [3.63, 3.8) is 0 Å². The summed E-state index contributed by atoms with van der Waals surface area (Å²) in [6.45, 7) is 6.53. The molecule has 0 fully saturated rings. The number of likely N-dealkylation sites (N-methyl/N-ethyl adjacent to an activating group) is 1. The lowest BCUT2D eigenvalue weighted by Crippen LogP contribution is -2.27. The highest BCUT2D eigenvalue weighted by Gasteiger charge is 2.18. The minimum atomic E-state index is 0.226. The summed E-state index contributed by atoms with van der Waals surface area (Å²) in [7, 11) is 4.17. The number of anilines is 1. The van der Waals surface area contributed by atoms with Crippen molar-refractivity contribution in [2.45, 2.75) is 26.8 Å². The molecule has 0 amide bonds. The molecule has 3 aromatic rings. The van der Waals surface area contributed by atoms with Crippen LogP contribution in [-0.4, -0.2) is 40.5 Å². The van der Waals surface area contributed by atoms with E-state index in [-0.39, 0.29) is 6.04 Å². The molecule has 0 saturated heterocycles. The van der Waals surface area contributed by atoms with Crippen molar-refractivity contribution in [1.82, 2.24) is 19.9 Å². The number of aromatic nitrogens is 3. The van der Waals surface area contributed by atoms with E-state index in [0.717, 1.165) is 12.4 Å². The Hall–Kier alpha value is -2.47. The fourth-order valence-electron chi connectivity index (χ4n) is 2.88. The van der Waals surface area contributed by atoms with Gasteiger partial charge < -0.3 is 14.6 Å². The van der Waals surface area contributed by atoms with Crippen LogP contribution in [0.2, 0.25) is 0 Å². The van der Waals surface area contributed by atoms with E-state index in [9.17, 15) is 0 Å². The first-order valence-corrected chi connectivity index (χ1v) is 8.03. The molecule has 2 heterocycles. The van der Waals surface area contributed by atoms with Gasteiger partial charge in [-0.2, -0.15) is 4.98 Å². The second-order valence-corrected chi connectivity index (χ2v) is 6.22. The maximum absolute atomic E-state index is 5.53. The van der Waals surface area contributed by atoms with Gasteiger partial charge in [-0.1, -0.05) is 24.3 Å². The molecule has 6 heteroatoms. The Balaban J connectivity index is 1.89. The average molecular weight is 325 g/mol. The highest BCUT2D eigenvalue weighted by Crippen LogP contribution is 2.25. The van der Waals surface area contributed by atoms with Gasteiger partial charge in [0.2, 0.25) is 0 Å². The highest BCUT2D eigenvalue weighted by molar-refractivity contribution is 5.81. The number of hydrogen-bond donors (Lipinski definition) is 1. The molecule has 0 saturated carbocycles. The number of nitrogens with one attached hydrogen (secondary N) is 1. The maximum atomic E-state index is 5.53. The largest absolute Gasteiger partial charge is 0.422 e. The third-order valence-corrected chi connectivity index (χ3v) is 4.11. The van der Waals surface area contributed by atoms with Crippen LogP contribution in [0.15, 0.2) is 28.7 Å². The predicted octanol–water partition coefficient (Wildman–Crippen LogP) is 3.26. The van der Waals surface area contributed by atoms with Crippen molar-refractivity contribution in [2.75, 3.05) is 26.0 Å². The summed E-state index contributed by atoms with van der Waals surface area (Å²) in [6.07, 6.45) is 0. The first-order chi connectivity index (χ1) is 11.5. The number of fused-ring (bicyclic) bond motifs is 1. The summed E-state index contributed by atoms with van der Waals surface area (Å²) in [5.41, 5.74) is 3.79. The van der Waals surface area contributed by atoms with E-state index in [1.165, 1.54) is 11.1 Å². The van der Waals surface area contributed by atoms with Crippen molar-refractivity contribution >= 4 is 17.0 Å². The fraction of sp³-hybridized carbons (Fsp3) is 0.389. The number of benzene rings is 1. The second-order valence-electron chi connectivity index (χ2n) is 6.22. The molecule has 24 heavy (non-hydrogen) atoms. The van der Waals surface area contributed by atoms with Gasteiger partial charge in [0.1, 0.15) is 5.82 Å². The molecule has 6 nitrogen and oxygen atoms in total. The van der Waals surface area contributed by atoms with Crippen LogP contribution >= 0.6 is 0 Å². The third kappa shape index (κ3) is 3.23. The number of nitrogens with zero attached hydrogens (tertiary/aromatic N) is 4. The molecule has 0 radical (unpaired) electrons. The van der Waals surface area contributed by atoms with Crippen LogP contribution in [0.5, 0.6) is 0 Å². The minimum absolute atomic E-state index is 0.226. The molecule has 0 spiro atoms. The molecule has 0 bridgehead atoms. The van der Waals surface area contributed by atoms with E-state index < -0.39 is 0 Å². The topological polar surface area (TPSA) is 67.1 Å². The third-order valence-electron chi connectivity index (χ3n) is 4.11. The Morgan fingerprint density at radius 1 is 1.08 bits per heavy atom. The summed E-state index contributed by atoms with van der Waals surface area (Å²) in [6, 6.07) is 8.67. The summed E-state index contributed by atoms with van der Waals surface area (Å²) >= 11 is 0. The Kier molecular flexibility index (Phi) is 4.49. The van der Waals surface area contributed by atoms with Crippen molar-refractivity contribution in [2.24, 2.45) is 0 Å². The number of aryl methyl sites for hydroxylation is 3. The van der Waals surface area contributed by atoms with Crippen LogP contribution < -0.4 is 5.32 Å². The van der Waals surface area contributed by atoms with Gasteiger partial charge in [-0.3, -0.25) is 0 Å². The monoisotopic (exact) mass is 325 g/mol. The fourth-order valence-corrected chi connectivity index (χ4v) is 2.88. The van der Waals surface area contributed by atoms with Crippen molar-refractivity contribution in [1.29, 1.82) is 0 Å². The molecule has 2 aromatic heterocycles. The van der Waals surface area contributed by atoms with Crippen LogP contribution in [0.3, 0.4) is 0 Å². The Morgan fingerprint density at radius 2 is 1.83 bits per heavy atom. The minimum Gasteiger partial charge on any atom is -0.422 e. The van der Waals surface area contributed by atoms with Crippen molar-refractivity contribution < 1.29 is 4.42 Å². The van der Waals surface area contributed by atoms with E-state index in [0.29, 0.717) is 22.9 Å². The molecule has 1 atom stereocenters. The molecule has 1 aromatic carbocycles. The van der Waals surface area contributed by atoms with Gasteiger partial charge in [-0.15, -0.1) is 0 Å². The number of rotatable bonds is 5. The second kappa shape index (κ2) is 6.57. The summed E-state index contributed by atoms with van der Waals surface area (Å²) in [4.78, 5) is 15.4. The van der Waals surface area contributed by atoms with Gasteiger partial charge in [0.05, 0.1) is 6.04 Å². The zero-order valence-electron chi connectivity index (χ0n) is 14.8. The average Bonchev–Trinajstić information content (AvgIpc) is 2.88. The molecule has 3 rings (SSSR count). The van der Waals surface area contributed by atoms with Crippen LogP contribution in [0.25, 0.3) is 11.2 Å². The van der Waals surface area contributed by atoms with Gasteiger partial charge in [-0.25, -0.2) is 9.97 Å². The summed E-state index contributed by atoms with van der Waals surface area (Å²) < 4.78 is 5.53. The predicted molar refractivity (Wildman–Crippen MR) is 95.2 cm³/mol. The molecule has 1 N–H and O–H groups in total. The number of hydrogen-bond acceptors (Lipinski definition) is 6. The van der Waals surface area contributed by atoms with E-state index in [4.69, 9.17) is 4.42 Å². The lowest BCUT2D eigenvalue weighted by molar-refractivity contribution is 0.310. The van der Waals surface area contributed by atoms with E-state index in [2.05, 4.69) is 70.5 Å². The molecule has 126 valence electrons. The van der Waals surface area contributed by atoms with Gasteiger partial charge >= 0.3 is 0 Å². The smallest absolute Gasteiger partial charge is 0.252 e. The molecule has 0 aliphatic carbocycles. The standard InChI is InChI=1S/C18H23N5O/c1-11-8-6-7-9-14(11)15(23(4)5)10-19-17-16-18(21-12(2)20-17)24-13(3)22-16/h6-9,15H,10H2,1-5H3,(H,19,20,21)/t15-/m0/s1. The van der Waals surface area contributed by atoms with Crippen molar-refractivity contribution in [3.8, 4) is 0 Å². The maximum Gasteiger partial charge on any atom is 0.252 e. The van der Waals surface area contributed by atoms with Gasteiger partial charge in [0.25, 0.3) is 5.71 Å². The normalized spacial score (nSPS) is 12.8. The van der Waals surface area contributed by atoms with Crippen molar-refractivity contribution in [3.05, 3.63) is 47.1 Å². The van der Waals surface area contributed by atoms with E-state index in [1.807, 2.05) is 13.8 Å². The van der Waals surface area contributed by atoms with Crippen LogP contribution in [0.1, 0.15) is 28.9 Å². The lowest BCUT2D eigenvalue weighted by Gasteiger charge is -2.26. The first kappa shape index (κ1) is 16.4. The SMILES string of the molecule is Cc1nc(NC[C@@H](c2ccccc2C)N(C)C)c2nc(C)oc2n1. The molecule has 0 aliphatic heterocycles.